The van der Waals surface area contributed by atoms with E-state index in [9.17, 15) is 24.0 Å². The number of ether oxygens (including phenoxy) is 7. The van der Waals surface area contributed by atoms with Crippen LogP contribution < -0.4 is 0 Å². The quantitative estimate of drug-likeness (QED) is 0.148. The molecule has 1 fully saturated rings. The first-order chi connectivity index (χ1) is 16.0. The Hall–Kier alpha value is -2.35. The van der Waals surface area contributed by atoms with Crippen LogP contribution in [0.4, 0.5) is 0 Å². The van der Waals surface area contributed by atoms with Crippen LogP contribution >= 0.6 is 34.8 Å². The molecule has 1 heterocycles. The second kappa shape index (κ2) is 13.1. The van der Waals surface area contributed by atoms with Gasteiger partial charge in [-0.3, -0.25) is 29.4 Å². The van der Waals surface area contributed by atoms with Gasteiger partial charge in [0.1, 0.15) is 12.7 Å². The fourth-order valence-electron chi connectivity index (χ4n) is 2.99. The first kappa shape index (κ1) is 30.7. The minimum Gasteiger partial charge on any atom is -0.462 e. The molecule has 0 amide bonds. The highest BCUT2D eigenvalue weighted by molar-refractivity contribution is 6.76. The van der Waals surface area contributed by atoms with E-state index in [0.29, 0.717) is 0 Å². The molecule has 1 N–H and O–H groups in total. The number of rotatable bonds is 8. The molecule has 35 heavy (non-hydrogen) atoms. The number of nitrogens with one attached hydrogen (secondary N) is 1. The first-order valence-electron chi connectivity index (χ1n) is 9.83. The van der Waals surface area contributed by atoms with E-state index in [0.717, 1.165) is 34.6 Å². The van der Waals surface area contributed by atoms with Gasteiger partial charge >= 0.3 is 29.8 Å². The lowest BCUT2D eigenvalue weighted by Crippen LogP contribution is -2.65. The van der Waals surface area contributed by atoms with Gasteiger partial charge in [0.05, 0.1) is 0 Å². The van der Waals surface area contributed by atoms with E-state index in [1.807, 2.05) is 0 Å². The molecule has 0 bridgehead atoms. The zero-order valence-corrected chi connectivity index (χ0v) is 21.5. The molecule has 0 radical (unpaired) electrons. The lowest BCUT2D eigenvalue weighted by molar-refractivity contribution is -0.302. The summed E-state index contributed by atoms with van der Waals surface area (Å²) in [5, 5.41) is 7.86. The number of carbonyl (C=O) groups excluding carboxylic acids is 5. The molecule has 1 saturated heterocycles. The average molecular weight is 565 g/mol. The van der Waals surface area contributed by atoms with E-state index in [1.54, 1.807) is 0 Å². The highest BCUT2D eigenvalue weighted by Gasteiger charge is 2.56. The van der Waals surface area contributed by atoms with Crippen LogP contribution in [-0.4, -0.2) is 83.0 Å². The van der Waals surface area contributed by atoms with Gasteiger partial charge in [-0.15, -0.1) is 0 Å². The molecule has 0 aromatic carbocycles. The van der Waals surface area contributed by atoms with Crippen molar-refractivity contribution in [1.82, 2.24) is 0 Å². The molecule has 13 nitrogen and oxygen atoms in total. The predicted molar refractivity (Wildman–Crippen MR) is 117 cm³/mol. The number of esters is 5. The summed E-state index contributed by atoms with van der Waals surface area (Å²) in [7, 11) is 0. The van der Waals surface area contributed by atoms with Gasteiger partial charge in [0.2, 0.25) is 18.3 Å². The number of hydrogen-bond donors (Lipinski definition) is 1. The normalized spacial score (nSPS) is 24.9. The highest BCUT2D eigenvalue weighted by Crippen LogP contribution is 2.35. The van der Waals surface area contributed by atoms with E-state index >= 15 is 0 Å². The van der Waals surface area contributed by atoms with Crippen molar-refractivity contribution in [3.05, 3.63) is 0 Å². The van der Waals surface area contributed by atoms with Crippen molar-refractivity contribution in [2.45, 2.75) is 75.2 Å². The van der Waals surface area contributed by atoms with Gasteiger partial charge in [-0.1, -0.05) is 34.8 Å². The van der Waals surface area contributed by atoms with Crippen LogP contribution in [0.25, 0.3) is 0 Å². The lowest BCUT2D eigenvalue weighted by atomic mass is 9.94. The van der Waals surface area contributed by atoms with Crippen molar-refractivity contribution < 1.29 is 57.1 Å². The van der Waals surface area contributed by atoms with Crippen molar-refractivity contribution in [3.8, 4) is 0 Å². The standard InChI is InChI=1S/C19H24Cl3NO12/c1-7(24)29-6-12(30-8(2)25)13-14(31-9(3)26)15(32-10(4)27)16(33-11(5)28)17(34-13)35-18(23)19(20,21)22/h12-17,23H,6H2,1-5H3. The molecular weight excluding hydrogens is 541 g/mol. The zero-order valence-electron chi connectivity index (χ0n) is 19.2. The Morgan fingerprint density at radius 3 is 1.69 bits per heavy atom. The topological polar surface area (TPSA) is 174 Å². The van der Waals surface area contributed by atoms with Crippen molar-refractivity contribution in [2.75, 3.05) is 6.61 Å². The summed E-state index contributed by atoms with van der Waals surface area (Å²) < 4.78 is 34.4. The Labute approximate surface area is 214 Å². The molecule has 1 rings (SSSR count). The molecule has 16 heteroatoms. The molecule has 1 aliphatic rings. The number of hydrogen-bond acceptors (Lipinski definition) is 13. The third-order valence-electron chi connectivity index (χ3n) is 4.06. The van der Waals surface area contributed by atoms with E-state index in [2.05, 4.69) is 0 Å². The predicted octanol–water partition coefficient (Wildman–Crippen LogP) is 1.37. The second-order valence-corrected chi connectivity index (χ2v) is 9.37. The van der Waals surface area contributed by atoms with Gasteiger partial charge in [0.15, 0.2) is 18.3 Å². The molecule has 0 saturated carbocycles. The monoisotopic (exact) mass is 563 g/mol. The zero-order chi connectivity index (χ0) is 27.1. The van der Waals surface area contributed by atoms with Crippen LogP contribution in [-0.2, 0) is 57.1 Å². The number of alkyl halides is 3. The van der Waals surface area contributed by atoms with Crippen molar-refractivity contribution in [2.24, 2.45) is 0 Å². The summed E-state index contributed by atoms with van der Waals surface area (Å²) in [6.45, 7) is 4.60. The van der Waals surface area contributed by atoms with Crippen molar-refractivity contribution in [3.63, 3.8) is 0 Å². The third kappa shape index (κ3) is 10.0. The SMILES string of the molecule is CC(=O)OCC(OC(C)=O)C1OC(OC(=N)C(Cl)(Cl)Cl)C(OC(C)=O)C(OC(C)=O)C1OC(C)=O. The summed E-state index contributed by atoms with van der Waals surface area (Å²) in [5.41, 5.74) is 0. The van der Waals surface area contributed by atoms with Crippen molar-refractivity contribution in [1.29, 1.82) is 5.41 Å². The largest absolute Gasteiger partial charge is 0.462 e. The van der Waals surface area contributed by atoms with E-state index in [4.69, 9.17) is 73.4 Å². The minimum absolute atomic E-state index is 0.586. The smallest absolute Gasteiger partial charge is 0.303 e. The van der Waals surface area contributed by atoms with Crippen molar-refractivity contribution >= 4 is 70.5 Å². The van der Waals surface area contributed by atoms with Crippen LogP contribution in [0, 0.1) is 5.41 Å². The molecule has 6 atom stereocenters. The lowest BCUT2D eigenvalue weighted by Gasteiger charge is -2.45. The molecule has 0 spiro atoms. The van der Waals surface area contributed by atoms with E-state index in [1.165, 1.54) is 0 Å². The average Bonchev–Trinajstić information content (AvgIpc) is 2.67. The molecular formula is C19H24Cl3NO12. The maximum atomic E-state index is 11.9. The van der Waals surface area contributed by atoms with E-state index < -0.39 is 83.0 Å². The summed E-state index contributed by atoms with van der Waals surface area (Å²) in [4.78, 5) is 58.7. The highest BCUT2D eigenvalue weighted by atomic mass is 35.6. The molecule has 1 aliphatic heterocycles. The van der Waals surface area contributed by atoms with Gasteiger partial charge in [-0.2, -0.15) is 0 Å². The molecule has 6 unspecified atom stereocenters. The van der Waals surface area contributed by atoms with Gasteiger partial charge in [-0.25, -0.2) is 0 Å². The fourth-order valence-corrected chi connectivity index (χ4v) is 3.12. The Morgan fingerprint density at radius 2 is 1.26 bits per heavy atom. The minimum atomic E-state index is -2.38. The van der Waals surface area contributed by atoms with Crippen LogP contribution in [0.2, 0.25) is 0 Å². The first-order valence-corrected chi connectivity index (χ1v) is 11.0. The Morgan fingerprint density at radius 1 is 0.771 bits per heavy atom. The molecule has 0 aromatic rings. The molecule has 0 aliphatic carbocycles. The van der Waals surface area contributed by atoms with Crippen LogP contribution in [0.5, 0.6) is 0 Å². The van der Waals surface area contributed by atoms with Gasteiger partial charge < -0.3 is 33.2 Å². The summed E-state index contributed by atoms with van der Waals surface area (Å²) in [6, 6.07) is 0. The van der Waals surface area contributed by atoms with E-state index in [-0.39, 0.29) is 0 Å². The Balaban J connectivity index is 3.62. The Bertz CT molecular complexity index is 845. The van der Waals surface area contributed by atoms with Crippen LogP contribution in [0.1, 0.15) is 34.6 Å². The third-order valence-corrected chi connectivity index (χ3v) is 4.58. The molecule has 198 valence electrons. The maximum Gasteiger partial charge on any atom is 0.303 e. The summed E-state index contributed by atoms with van der Waals surface area (Å²) in [6.07, 6.45) is -9.67. The summed E-state index contributed by atoms with van der Waals surface area (Å²) in [5.74, 6) is -5.25. The van der Waals surface area contributed by atoms with Gasteiger partial charge in [-0.05, 0) is 0 Å². The second-order valence-electron chi connectivity index (χ2n) is 7.09. The fraction of sp³-hybridized carbons (Fsp3) is 0.684. The maximum absolute atomic E-state index is 11.9. The summed E-state index contributed by atoms with van der Waals surface area (Å²) >= 11 is 17.0. The van der Waals surface area contributed by atoms with Gasteiger partial charge in [0.25, 0.3) is 3.79 Å². The number of halogens is 3. The van der Waals surface area contributed by atoms with Gasteiger partial charge in [0, 0.05) is 34.6 Å². The van der Waals surface area contributed by atoms with Crippen LogP contribution in [0.3, 0.4) is 0 Å². The molecule has 0 aromatic heterocycles. The van der Waals surface area contributed by atoms with Crippen LogP contribution in [0.15, 0.2) is 0 Å². The Kier molecular flexibility index (Phi) is 11.5. The number of carbonyl (C=O) groups is 5.